The first-order valence-corrected chi connectivity index (χ1v) is 10.7. The van der Waals surface area contributed by atoms with E-state index in [9.17, 15) is 9.90 Å². The maximum absolute atomic E-state index is 11.3. The first kappa shape index (κ1) is 21.9. The molecule has 2 aromatic heterocycles. The molecule has 2 aliphatic rings. The molecule has 2 aliphatic heterocycles. The summed E-state index contributed by atoms with van der Waals surface area (Å²) in [5.41, 5.74) is 0.764. The number of methoxy groups -OCH3 is 1. The minimum atomic E-state index is -0.884. The average Bonchev–Trinajstić information content (AvgIpc) is 2.81. The van der Waals surface area contributed by atoms with Gasteiger partial charge < -0.3 is 35.0 Å². The second kappa shape index (κ2) is 9.86. The minimum Gasteiger partial charge on any atom is -0.480 e. The number of likely N-dealkylation sites (tertiary alicyclic amines) is 1. The van der Waals surface area contributed by atoms with E-state index in [0.29, 0.717) is 37.9 Å². The molecule has 0 aliphatic carbocycles. The Morgan fingerprint density at radius 1 is 1.28 bits per heavy atom. The van der Waals surface area contributed by atoms with Crippen LogP contribution in [-0.4, -0.2) is 82.7 Å². The van der Waals surface area contributed by atoms with Crippen LogP contribution in [0.3, 0.4) is 0 Å². The number of ether oxygens (including phenoxy) is 2. The fraction of sp³-hybridized carbons (Fsp3) is 0.524. The van der Waals surface area contributed by atoms with Gasteiger partial charge in [0.15, 0.2) is 0 Å². The van der Waals surface area contributed by atoms with Crippen molar-refractivity contribution in [1.82, 2.24) is 19.9 Å². The van der Waals surface area contributed by atoms with E-state index in [-0.39, 0.29) is 18.3 Å². The van der Waals surface area contributed by atoms with Crippen LogP contribution in [0.4, 0.5) is 22.1 Å². The van der Waals surface area contributed by atoms with Gasteiger partial charge in [-0.05, 0) is 31.9 Å². The zero-order chi connectivity index (χ0) is 22.5. The molecule has 0 radical (unpaired) electrons. The van der Waals surface area contributed by atoms with Crippen molar-refractivity contribution in [2.45, 2.75) is 38.1 Å². The number of hydrogen-bond acceptors (Lipinski definition) is 9. The number of rotatable bonds is 6. The average molecular weight is 444 g/mol. The van der Waals surface area contributed by atoms with Gasteiger partial charge in [0.2, 0.25) is 5.88 Å². The van der Waals surface area contributed by atoms with Gasteiger partial charge in [0.1, 0.15) is 24.2 Å². The Morgan fingerprint density at radius 2 is 2.16 bits per heavy atom. The van der Waals surface area contributed by atoms with E-state index >= 15 is 0 Å². The Bertz CT molecular complexity index is 931. The highest BCUT2D eigenvalue weighted by Gasteiger charge is 2.29. The van der Waals surface area contributed by atoms with Crippen LogP contribution in [-0.2, 0) is 4.74 Å². The summed E-state index contributed by atoms with van der Waals surface area (Å²) >= 11 is 0. The lowest BCUT2D eigenvalue weighted by Crippen LogP contribution is -2.51. The maximum Gasteiger partial charge on any atom is 0.407 e. The van der Waals surface area contributed by atoms with Crippen LogP contribution in [0, 0.1) is 0 Å². The van der Waals surface area contributed by atoms with Gasteiger partial charge in [0.25, 0.3) is 0 Å². The molecule has 1 amide bonds. The van der Waals surface area contributed by atoms with Crippen molar-refractivity contribution >= 4 is 23.4 Å². The van der Waals surface area contributed by atoms with E-state index < -0.39 is 6.09 Å². The second-order valence-corrected chi connectivity index (χ2v) is 8.00. The van der Waals surface area contributed by atoms with E-state index in [0.717, 1.165) is 24.3 Å². The molecule has 0 bridgehead atoms. The molecule has 3 N–H and O–H groups in total. The van der Waals surface area contributed by atoms with Crippen LogP contribution >= 0.6 is 0 Å². The predicted octanol–water partition coefficient (Wildman–Crippen LogP) is 2.10. The summed E-state index contributed by atoms with van der Waals surface area (Å²) in [6, 6.07) is 5.80. The third kappa shape index (κ3) is 5.10. The lowest BCUT2D eigenvalue weighted by Gasteiger charge is -2.39. The van der Waals surface area contributed by atoms with Crippen LogP contribution in [0.2, 0.25) is 0 Å². The highest BCUT2D eigenvalue weighted by atomic mass is 16.5. The van der Waals surface area contributed by atoms with Crippen LogP contribution in [0.25, 0.3) is 0 Å². The van der Waals surface area contributed by atoms with Crippen LogP contribution in [0.15, 0.2) is 30.7 Å². The van der Waals surface area contributed by atoms with Gasteiger partial charge in [0, 0.05) is 31.4 Å². The summed E-state index contributed by atoms with van der Waals surface area (Å²) in [6.45, 7) is 4.21. The molecule has 4 rings (SSSR count). The van der Waals surface area contributed by atoms with Crippen molar-refractivity contribution in [3.8, 4) is 5.88 Å². The number of morpholine rings is 1. The van der Waals surface area contributed by atoms with Crippen molar-refractivity contribution in [3.05, 3.63) is 30.7 Å². The molecule has 3 unspecified atom stereocenters. The van der Waals surface area contributed by atoms with Gasteiger partial charge in [0.05, 0.1) is 32.0 Å². The second-order valence-electron chi connectivity index (χ2n) is 8.00. The van der Waals surface area contributed by atoms with Crippen molar-refractivity contribution in [1.29, 1.82) is 0 Å². The SMILES string of the molecule is COc1ncccc1NC1CN(c2cc(NC3CCCN(C(=O)O)C3)ncn2)C(C)CO1. The summed E-state index contributed by atoms with van der Waals surface area (Å²) < 4.78 is 11.3. The zero-order valence-electron chi connectivity index (χ0n) is 18.3. The monoisotopic (exact) mass is 443 g/mol. The van der Waals surface area contributed by atoms with Gasteiger partial charge in [-0.2, -0.15) is 0 Å². The standard InChI is InChI=1S/C21H29N7O4/c1-14-12-32-19(26-16-6-3-7-22-20(16)31-2)11-28(14)18-9-17(23-13-24-18)25-15-5-4-8-27(10-15)21(29)30/h3,6-7,9,13-15,19,26H,4-5,8,10-12H2,1-2H3,(H,29,30)(H,23,24,25). The Balaban J connectivity index is 1.43. The number of nitrogens with one attached hydrogen (secondary N) is 2. The number of nitrogens with zero attached hydrogens (tertiary/aromatic N) is 5. The molecule has 0 spiro atoms. The van der Waals surface area contributed by atoms with Crippen molar-refractivity contribution < 1.29 is 19.4 Å². The Hall–Kier alpha value is -3.34. The third-order valence-electron chi connectivity index (χ3n) is 5.71. The summed E-state index contributed by atoms with van der Waals surface area (Å²) in [6.07, 6.45) is 3.79. The summed E-state index contributed by atoms with van der Waals surface area (Å²) in [7, 11) is 1.58. The third-order valence-corrected chi connectivity index (χ3v) is 5.71. The van der Waals surface area contributed by atoms with Gasteiger partial charge >= 0.3 is 6.09 Å². The maximum atomic E-state index is 11.3. The molecule has 0 saturated carbocycles. The van der Waals surface area contributed by atoms with Crippen molar-refractivity contribution in [2.24, 2.45) is 0 Å². The predicted molar refractivity (Wildman–Crippen MR) is 119 cm³/mol. The van der Waals surface area contributed by atoms with Gasteiger partial charge in [-0.3, -0.25) is 0 Å². The lowest BCUT2D eigenvalue weighted by atomic mass is 10.1. The molecule has 172 valence electrons. The number of pyridine rings is 1. The normalized spacial score (nSPS) is 23.5. The van der Waals surface area contributed by atoms with Gasteiger partial charge in [-0.1, -0.05) is 0 Å². The molecule has 4 heterocycles. The molecule has 0 aromatic carbocycles. The first-order valence-electron chi connectivity index (χ1n) is 10.7. The van der Waals surface area contributed by atoms with Crippen LogP contribution < -0.4 is 20.3 Å². The fourth-order valence-electron chi connectivity index (χ4n) is 4.06. The number of aromatic nitrogens is 3. The van der Waals surface area contributed by atoms with E-state index in [2.05, 4.69) is 37.4 Å². The molecule has 3 atom stereocenters. The molecule has 2 aromatic rings. The Kier molecular flexibility index (Phi) is 6.74. The number of carboxylic acid groups (broad SMARTS) is 1. The molecular weight excluding hydrogens is 414 g/mol. The van der Waals surface area contributed by atoms with Gasteiger partial charge in [-0.15, -0.1) is 0 Å². The largest absolute Gasteiger partial charge is 0.480 e. The van der Waals surface area contributed by atoms with Crippen LogP contribution in [0.5, 0.6) is 5.88 Å². The highest BCUT2D eigenvalue weighted by Crippen LogP contribution is 2.26. The number of carbonyl (C=O) groups is 1. The Labute approximate surface area is 186 Å². The molecule has 11 heteroatoms. The Morgan fingerprint density at radius 3 is 2.97 bits per heavy atom. The number of piperidine rings is 1. The van der Waals surface area contributed by atoms with E-state index in [1.807, 2.05) is 18.2 Å². The van der Waals surface area contributed by atoms with E-state index in [1.54, 1.807) is 13.3 Å². The van der Waals surface area contributed by atoms with E-state index in [4.69, 9.17) is 9.47 Å². The summed E-state index contributed by atoms with van der Waals surface area (Å²) in [5.74, 6) is 1.98. The first-order chi connectivity index (χ1) is 15.5. The van der Waals surface area contributed by atoms with Crippen molar-refractivity contribution in [2.75, 3.05) is 48.9 Å². The minimum absolute atomic E-state index is 0.0252. The smallest absolute Gasteiger partial charge is 0.407 e. The molecule has 11 nitrogen and oxygen atoms in total. The number of hydrogen-bond donors (Lipinski definition) is 3. The molecule has 32 heavy (non-hydrogen) atoms. The zero-order valence-corrected chi connectivity index (χ0v) is 18.3. The van der Waals surface area contributed by atoms with E-state index in [1.165, 1.54) is 11.2 Å². The molecule has 2 saturated heterocycles. The highest BCUT2D eigenvalue weighted by molar-refractivity contribution is 5.65. The summed E-state index contributed by atoms with van der Waals surface area (Å²) in [5, 5.41) is 16.0. The quantitative estimate of drug-likeness (QED) is 0.611. The topological polar surface area (TPSA) is 125 Å². The molecule has 2 fully saturated rings. The number of amides is 1. The van der Waals surface area contributed by atoms with Gasteiger partial charge in [-0.25, -0.2) is 19.7 Å². The molecular formula is C21H29N7O4. The van der Waals surface area contributed by atoms with Crippen LogP contribution in [0.1, 0.15) is 19.8 Å². The lowest BCUT2D eigenvalue weighted by molar-refractivity contribution is 0.0394. The summed E-state index contributed by atoms with van der Waals surface area (Å²) in [4.78, 5) is 27.9. The number of anilines is 3. The van der Waals surface area contributed by atoms with Crippen molar-refractivity contribution in [3.63, 3.8) is 0 Å². The fourth-order valence-corrected chi connectivity index (χ4v) is 4.06.